The molecule has 0 unspecified atom stereocenters. The molecule has 0 amide bonds. The van der Waals surface area contributed by atoms with E-state index in [1.807, 2.05) is 6.92 Å². The third kappa shape index (κ3) is 1.99. The zero-order valence-electron chi connectivity index (χ0n) is 10.7. The Hall–Kier alpha value is -1.27. The van der Waals surface area contributed by atoms with Gasteiger partial charge in [0.15, 0.2) is 0 Å². The predicted octanol–water partition coefficient (Wildman–Crippen LogP) is 1.80. The van der Waals surface area contributed by atoms with Gasteiger partial charge in [0.05, 0.1) is 16.9 Å². The van der Waals surface area contributed by atoms with Gasteiger partial charge < -0.3 is 5.73 Å². The van der Waals surface area contributed by atoms with Gasteiger partial charge in [-0.3, -0.25) is 9.36 Å². The lowest BCUT2D eigenvalue weighted by Crippen LogP contribution is -2.30. The SMILES string of the molecule is CCc1nc2sc3c(c2c(=O)n1CC(N)=S)CCC3. The van der Waals surface area contributed by atoms with Crippen molar-refractivity contribution in [2.24, 2.45) is 5.73 Å². The first kappa shape index (κ1) is 12.7. The van der Waals surface area contributed by atoms with Crippen LogP contribution in [-0.2, 0) is 25.8 Å². The quantitative estimate of drug-likeness (QED) is 0.877. The van der Waals surface area contributed by atoms with Gasteiger partial charge in [0, 0.05) is 11.3 Å². The van der Waals surface area contributed by atoms with E-state index >= 15 is 0 Å². The van der Waals surface area contributed by atoms with Crippen molar-refractivity contribution < 1.29 is 0 Å². The van der Waals surface area contributed by atoms with Crippen molar-refractivity contribution in [3.05, 3.63) is 26.6 Å². The molecule has 1 aliphatic carbocycles. The van der Waals surface area contributed by atoms with Gasteiger partial charge in [-0.25, -0.2) is 4.98 Å². The molecule has 100 valence electrons. The molecular weight excluding hydrogens is 278 g/mol. The van der Waals surface area contributed by atoms with Crippen molar-refractivity contribution in [2.75, 3.05) is 0 Å². The van der Waals surface area contributed by atoms with E-state index in [-0.39, 0.29) is 12.1 Å². The Morgan fingerprint density at radius 3 is 3.00 bits per heavy atom. The summed E-state index contributed by atoms with van der Waals surface area (Å²) >= 11 is 6.61. The normalized spacial score (nSPS) is 13.9. The summed E-state index contributed by atoms with van der Waals surface area (Å²) in [5, 5.41) is 0.797. The molecule has 2 aromatic rings. The first-order valence-corrected chi connectivity index (χ1v) is 7.66. The van der Waals surface area contributed by atoms with Crippen molar-refractivity contribution in [1.82, 2.24) is 9.55 Å². The molecule has 0 fully saturated rings. The van der Waals surface area contributed by atoms with Gasteiger partial charge in [-0.1, -0.05) is 19.1 Å². The summed E-state index contributed by atoms with van der Waals surface area (Å²) in [6, 6.07) is 0. The van der Waals surface area contributed by atoms with Crippen LogP contribution in [0.5, 0.6) is 0 Å². The molecule has 19 heavy (non-hydrogen) atoms. The standard InChI is InChI=1S/C13H15N3OS2/c1-2-10-15-12-11(7-4-3-5-8(7)19-12)13(17)16(10)6-9(14)18/h2-6H2,1H3,(H2,14,18). The summed E-state index contributed by atoms with van der Waals surface area (Å²) in [5.74, 6) is 0.769. The molecule has 2 aromatic heterocycles. The molecule has 0 saturated carbocycles. The molecule has 6 heteroatoms. The molecule has 1 aliphatic rings. The van der Waals surface area contributed by atoms with Crippen LogP contribution < -0.4 is 11.3 Å². The van der Waals surface area contributed by atoms with Crippen LogP contribution in [0.4, 0.5) is 0 Å². The molecule has 4 nitrogen and oxygen atoms in total. The van der Waals surface area contributed by atoms with Gasteiger partial charge in [-0.15, -0.1) is 11.3 Å². The molecule has 0 bridgehead atoms. The lowest BCUT2D eigenvalue weighted by Gasteiger charge is -2.10. The minimum absolute atomic E-state index is 0.0223. The molecule has 0 aromatic carbocycles. The second kappa shape index (κ2) is 4.68. The predicted molar refractivity (Wildman–Crippen MR) is 82.1 cm³/mol. The summed E-state index contributed by atoms with van der Waals surface area (Å²) in [6.45, 7) is 2.27. The fourth-order valence-corrected chi connectivity index (χ4v) is 4.11. The molecule has 0 radical (unpaired) electrons. The van der Waals surface area contributed by atoms with Crippen molar-refractivity contribution in [3.63, 3.8) is 0 Å². The van der Waals surface area contributed by atoms with Crippen molar-refractivity contribution >= 4 is 38.8 Å². The Labute approximate surface area is 120 Å². The maximum atomic E-state index is 12.7. The number of thiophene rings is 1. The van der Waals surface area contributed by atoms with Gasteiger partial charge in [0.1, 0.15) is 10.7 Å². The Morgan fingerprint density at radius 1 is 1.53 bits per heavy atom. The number of thiocarbonyl (C=S) groups is 1. The summed E-state index contributed by atoms with van der Waals surface area (Å²) in [7, 11) is 0. The molecule has 2 N–H and O–H groups in total. The average molecular weight is 293 g/mol. The number of aryl methyl sites for hydroxylation is 3. The van der Waals surface area contributed by atoms with Gasteiger partial charge in [0.25, 0.3) is 5.56 Å². The summed E-state index contributed by atoms with van der Waals surface area (Å²) in [4.78, 5) is 19.8. The smallest absolute Gasteiger partial charge is 0.262 e. The monoisotopic (exact) mass is 293 g/mol. The highest BCUT2D eigenvalue weighted by Crippen LogP contribution is 2.34. The topological polar surface area (TPSA) is 60.9 Å². The van der Waals surface area contributed by atoms with Crippen LogP contribution in [0.3, 0.4) is 0 Å². The van der Waals surface area contributed by atoms with E-state index in [1.54, 1.807) is 15.9 Å². The zero-order chi connectivity index (χ0) is 13.6. The van der Waals surface area contributed by atoms with E-state index in [2.05, 4.69) is 4.98 Å². The Bertz CT molecular complexity index is 730. The van der Waals surface area contributed by atoms with Gasteiger partial charge >= 0.3 is 0 Å². The van der Waals surface area contributed by atoms with Crippen LogP contribution in [0.15, 0.2) is 4.79 Å². The first-order chi connectivity index (χ1) is 9.11. The highest BCUT2D eigenvalue weighted by Gasteiger charge is 2.22. The molecule has 0 spiro atoms. The average Bonchev–Trinajstić information content (AvgIpc) is 2.91. The van der Waals surface area contributed by atoms with Crippen molar-refractivity contribution in [3.8, 4) is 0 Å². The number of nitrogens with two attached hydrogens (primary N) is 1. The Balaban J connectivity index is 2.32. The van der Waals surface area contributed by atoms with Crippen molar-refractivity contribution in [2.45, 2.75) is 39.2 Å². The van der Waals surface area contributed by atoms with Crippen LogP contribution in [-0.4, -0.2) is 14.5 Å². The van der Waals surface area contributed by atoms with Crippen molar-refractivity contribution in [1.29, 1.82) is 0 Å². The number of nitrogens with zero attached hydrogens (tertiary/aromatic N) is 2. The van der Waals surface area contributed by atoms with Gasteiger partial charge in [-0.2, -0.15) is 0 Å². The molecule has 0 saturated heterocycles. The van der Waals surface area contributed by atoms with Crippen LogP contribution in [0.25, 0.3) is 10.2 Å². The number of fused-ring (bicyclic) bond motifs is 3. The van der Waals surface area contributed by atoms with Gasteiger partial charge in [0.2, 0.25) is 0 Å². The first-order valence-electron chi connectivity index (χ1n) is 6.44. The third-order valence-electron chi connectivity index (χ3n) is 3.53. The number of aromatic nitrogens is 2. The molecule has 0 aliphatic heterocycles. The highest BCUT2D eigenvalue weighted by atomic mass is 32.1. The fourth-order valence-electron chi connectivity index (χ4n) is 2.71. The van der Waals surface area contributed by atoms with Crippen LogP contribution in [0.1, 0.15) is 29.6 Å². The van der Waals surface area contributed by atoms with Crippen LogP contribution in [0, 0.1) is 0 Å². The molecule has 2 heterocycles. The maximum absolute atomic E-state index is 12.7. The Kier molecular flexibility index (Phi) is 3.14. The molecule has 0 atom stereocenters. The second-order valence-corrected chi connectivity index (χ2v) is 6.38. The summed E-state index contributed by atoms with van der Waals surface area (Å²) < 4.78 is 1.63. The molecular formula is C13H15N3OS2. The highest BCUT2D eigenvalue weighted by molar-refractivity contribution is 7.80. The number of hydrogen-bond donors (Lipinski definition) is 1. The van der Waals surface area contributed by atoms with E-state index in [4.69, 9.17) is 18.0 Å². The summed E-state index contributed by atoms with van der Waals surface area (Å²) in [5.41, 5.74) is 6.82. The fraction of sp³-hybridized carbons (Fsp3) is 0.462. The second-order valence-electron chi connectivity index (χ2n) is 4.78. The third-order valence-corrected chi connectivity index (χ3v) is 4.85. The van der Waals surface area contributed by atoms with Crippen LogP contribution in [0.2, 0.25) is 0 Å². The van der Waals surface area contributed by atoms with Gasteiger partial charge in [-0.05, 0) is 24.8 Å². The lowest BCUT2D eigenvalue weighted by atomic mass is 10.2. The number of hydrogen-bond acceptors (Lipinski definition) is 4. The van der Waals surface area contributed by atoms with E-state index in [0.29, 0.717) is 11.4 Å². The lowest BCUT2D eigenvalue weighted by molar-refractivity contribution is 0.719. The Morgan fingerprint density at radius 2 is 2.32 bits per heavy atom. The largest absolute Gasteiger partial charge is 0.392 e. The van der Waals surface area contributed by atoms with E-state index < -0.39 is 0 Å². The molecule has 3 rings (SSSR count). The zero-order valence-corrected chi connectivity index (χ0v) is 12.4. The minimum atomic E-state index is 0.0223. The van der Waals surface area contributed by atoms with Crippen LogP contribution >= 0.6 is 23.6 Å². The number of rotatable bonds is 3. The summed E-state index contributed by atoms with van der Waals surface area (Å²) in [6.07, 6.45) is 3.91. The van der Waals surface area contributed by atoms with E-state index in [1.165, 1.54) is 10.4 Å². The van der Waals surface area contributed by atoms with E-state index in [0.717, 1.165) is 35.3 Å². The van der Waals surface area contributed by atoms with E-state index in [9.17, 15) is 4.79 Å². The maximum Gasteiger partial charge on any atom is 0.262 e. The minimum Gasteiger partial charge on any atom is -0.392 e.